The maximum atomic E-state index is 12.1. The van der Waals surface area contributed by atoms with E-state index in [9.17, 15) is 4.79 Å². The van der Waals surface area contributed by atoms with Crippen LogP contribution in [0.2, 0.25) is 5.02 Å². The summed E-state index contributed by atoms with van der Waals surface area (Å²) in [5, 5.41) is 10.8. The lowest BCUT2D eigenvalue weighted by molar-refractivity contribution is 0.0996. The van der Waals surface area contributed by atoms with Gasteiger partial charge in [-0.3, -0.25) is 9.89 Å². The van der Waals surface area contributed by atoms with Crippen molar-refractivity contribution in [1.29, 1.82) is 0 Å². The molecular formula is C18H16ClN3O2. The molecule has 0 spiro atoms. The van der Waals surface area contributed by atoms with Crippen molar-refractivity contribution in [2.24, 2.45) is 0 Å². The monoisotopic (exact) mass is 341 g/mol. The quantitative estimate of drug-likeness (QED) is 0.739. The Bertz CT molecular complexity index is 849. The fraction of sp³-hybridized carbons (Fsp3) is 0.222. The number of carbonyl (C=O) groups is 1. The maximum Gasteiger partial charge on any atom is 0.292 e. The van der Waals surface area contributed by atoms with Gasteiger partial charge >= 0.3 is 0 Å². The first-order valence-electron chi connectivity index (χ1n) is 7.84. The molecule has 0 saturated heterocycles. The number of aromatic nitrogens is 2. The second kappa shape index (κ2) is 5.83. The lowest BCUT2D eigenvalue weighted by Gasteiger charge is -2.41. The number of benzene rings is 1. The van der Waals surface area contributed by atoms with Crippen LogP contribution in [-0.2, 0) is 5.41 Å². The number of amides is 1. The normalized spacial score (nSPS) is 15.7. The van der Waals surface area contributed by atoms with Crippen LogP contribution in [0.15, 0.2) is 53.1 Å². The summed E-state index contributed by atoms with van der Waals surface area (Å²) in [4.78, 5) is 12.1. The van der Waals surface area contributed by atoms with Gasteiger partial charge in [-0.2, -0.15) is 5.10 Å². The molecule has 24 heavy (non-hydrogen) atoms. The average Bonchev–Trinajstić information content (AvgIpc) is 3.20. The van der Waals surface area contributed by atoms with Crippen molar-refractivity contribution < 1.29 is 9.21 Å². The molecule has 1 saturated carbocycles. The van der Waals surface area contributed by atoms with Crippen LogP contribution in [0, 0.1) is 0 Å². The Morgan fingerprint density at radius 3 is 2.67 bits per heavy atom. The zero-order chi connectivity index (χ0) is 16.6. The van der Waals surface area contributed by atoms with E-state index in [1.165, 1.54) is 11.8 Å². The van der Waals surface area contributed by atoms with Crippen LogP contribution in [0.3, 0.4) is 0 Å². The van der Waals surface area contributed by atoms with Gasteiger partial charge in [-0.05, 0) is 42.7 Å². The van der Waals surface area contributed by atoms with Crippen molar-refractivity contribution in [1.82, 2.24) is 10.2 Å². The highest BCUT2D eigenvalue weighted by Crippen LogP contribution is 2.48. The molecule has 0 unspecified atom stereocenters. The number of H-pyrrole nitrogens is 1. The molecule has 2 N–H and O–H groups in total. The zero-order valence-electron chi connectivity index (χ0n) is 12.9. The van der Waals surface area contributed by atoms with Crippen molar-refractivity contribution in [3.8, 4) is 0 Å². The number of furan rings is 1. The van der Waals surface area contributed by atoms with E-state index in [4.69, 9.17) is 16.0 Å². The Kier molecular flexibility index (Phi) is 3.65. The van der Waals surface area contributed by atoms with E-state index in [2.05, 4.69) is 27.6 Å². The third-order valence-electron chi connectivity index (χ3n) is 4.68. The van der Waals surface area contributed by atoms with E-state index in [1.807, 2.05) is 18.2 Å². The number of halogens is 1. The van der Waals surface area contributed by atoms with Crippen molar-refractivity contribution in [3.63, 3.8) is 0 Å². The second-order valence-corrected chi connectivity index (χ2v) is 6.48. The Morgan fingerprint density at radius 1 is 1.25 bits per heavy atom. The van der Waals surface area contributed by atoms with Crippen LogP contribution in [0.25, 0.3) is 0 Å². The van der Waals surface area contributed by atoms with Gasteiger partial charge in [0.2, 0.25) is 0 Å². The van der Waals surface area contributed by atoms with Gasteiger partial charge in [0.15, 0.2) is 11.6 Å². The van der Waals surface area contributed by atoms with E-state index < -0.39 is 0 Å². The van der Waals surface area contributed by atoms with E-state index in [0.29, 0.717) is 5.82 Å². The van der Waals surface area contributed by atoms with Gasteiger partial charge in [0.25, 0.3) is 5.91 Å². The lowest BCUT2D eigenvalue weighted by Crippen LogP contribution is -2.35. The Hall–Kier alpha value is -2.53. The van der Waals surface area contributed by atoms with Gasteiger partial charge in [0, 0.05) is 22.2 Å². The van der Waals surface area contributed by atoms with Crippen LogP contribution in [0.4, 0.5) is 5.82 Å². The minimum Gasteiger partial charge on any atom is -0.459 e. The Balaban J connectivity index is 1.59. The molecule has 3 aromatic rings. The number of hydrogen-bond acceptors (Lipinski definition) is 3. The van der Waals surface area contributed by atoms with Gasteiger partial charge in [0.05, 0.1) is 6.26 Å². The number of nitrogens with one attached hydrogen (secondary N) is 2. The topological polar surface area (TPSA) is 70.9 Å². The fourth-order valence-electron chi connectivity index (χ4n) is 3.23. The first kappa shape index (κ1) is 15.0. The number of hydrogen-bond donors (Lipinski definition) is 2. The Morgan fingerprint density at radius 2 is 2.04 bits per heavy atom. The Labute approximate surface area is 144 Å². The standard InChI is InChI=1S/C18H16ClN3O2/c19-13-6-4-12(5-7-13)18(8-2-9-18)15-11-16(22-21-15)20-17(23)14-3-1-10-24-14/h1,3-7,10-11H,2,8-9H2,(H2,20,21,22,23). The molecule has 122 valence electrons. The number of anilines is 1. The summed E-state index contributed by atoms with van der Waals surface area (Å²) in [6, 6.07) is 13.1. The average molecular weight is 342 g/mol. The van der Waals surface area contributed by atoms with Gasteiger partial charge in [0.1, 0.15) is 0 Å². The first-order chi connectivity index (χ1) is 11.7. The van der Waals surface area contributed by atoms with Crippen LogP contribution >= 0.6 is 11.6 Å². The van der Waals surface area contributed by atoms with Gasteiger partial charge < -0.3 is 9.73 Å². The highest BCUT2D eigenvalue weighted by Gasteiger charge is 2.42. The number of rotatable bonds is 4. The SMILES string of the molecule is O=C(Nc1cc(C2(c3ccc(Cl)cc3)CCC2)[nH]n1)c1ccco1. The molecule has 4 rings (SSSR count). The largest absolute Gasteiger partial charge is 0.459 e. The van der Waals surface area contributed by atoms with Crippen molar-refractivity contribution in [2.75, 3.05) is 5.32 Å². The van der Waals surface area contributed by atoms with E-state index in [1.54, 1.807) is 12.1 Å². The predicted octanol–water partition coefficient (Wildman–Crippen LogP) is 4.38. The smallest absolute Gasteiger partial charge is 0.292 e. The summed E-state index contributed by atoms with van der Waals surface area (Å²) in [6.45, 7) is 0. The number of carbonyl (C=O) groups excluding carboxylic acids is 1. The molecule has 1 amide bonds. The summed E-state index contributed by atoms with van der Waals surface area (Å²) < 4.78 is 5.09. The third-order valence-corrected chi connectivity index (χ3v) is 4.94. The van der Waals surface area contributed by atoms with Crippen LogP contribution in [0.1, 0.15) is 41.1 Å². The third kappa shape index (κ3) is 2.51. The molecule has 1 aliphatic rings. The van der Waals surface area contributed by atoms with Crippen LogP contribution in [-0.4, -0.2) is 16.1 Å². The van der Waals surface area contributed by atoms with Crippen molar-refractivity contribution in [3.05, 3.63) is 70.8 Å². The molecule has 0 radical (unpaired) electrons. The van der Waals surface area contributed by atoms with E-state index in [-0.39, 0.29) is 17.1 Å². The minimum atomic E-state index is -0.313. The molecule has 2 heterocycles. The lowest BCUT2D eigenvalue weighted by atomic mass is 9.62. The summed E-state index contributed by atoms with van der Waals surface area (Å²) in [7, 11) is 0. The van der Waals surface area contributed by atoms with Gasteiger partial charge in [-0.15, -0.1) is 0 Å². The van der Waals surface area contributed by atoms with Crippen LogP contribution in [0.5, 0.6) is 0 Å². The fourth-order valence-corrected chi connectivity index (χ4v) is 3.36. The summed E-state index contributed by atoms with van der Waals surface area (Å²) >= 11 is 6.00. The summed E-state index contributed by atoms with van der Waals surface area (Å²) in [5.74, 6) is 0.439. The summed E-state index contributed by atoms with van der Waals surface area (Å²) in [5.41, 5.74) is 2.14. The molecular weight excluding hydrogens is 326 g/mol. The van der Waals surface area contributed by atoms with Crippen molar-refractivity contribution in [2.45, 2.75) is 24.7 Å². The molecule has 1 aromatic carbocycles. The number of nitrogens with zero attached hydrogens (tertiary/aromatic N) is 1. The first-order valence-corrected chi connectivity index (χ1v) is 8.22. The summed E-state index contributed by atoms with van der Waals surface area (Å²) in [6.07, 6.45) is 4.72. The number of aromatic amines is 1. The molecule has 6 heteroatoms. The molecule has 1 aliphatic carbocycles. The van der Waals surface area contributed by atoms with Gasteiger partial charge in [-0.25, -0.2) is 0 Å². The molecule has 2 aromatic heterocycles. The van der Waals surface area contributed by atoms with E-state index >= 15 is 0 Å². The van der Waals surface area contributed by atoms with Gasteiger partial charge in [-0.1, -0.05) is 30.2 Å². The molecule has 1 fully saturated rings. The molecule has 0 bridgehead atoms. The van der Waals surface area contributed by atoms with E-state index in [0.717, 1.165) is 30.0 Å². The van der Waals surface area contributed by atoms with Crippen LogP contribution < -0.4 is 5.32 Å². The second-order valence-electron chi connectivity index (χ2n) is 6.04. The highest BCUT2D eigenvalue weighted by molar-refractivity contribution is 6.30. The van der Waals surface area contributed by atoms with Crippen molar-refractivity contribution >= 4 is 23.3 Å². The zero-order valence-corrected chi connectivity index (χ0v) is 13.6. The molecule has 5 nitrogen and oxygen atoms in total. The highest BCUT2D eigenvalue weighted by atomic mass is 35.5. The minimum absolute atomic E-state index is 0.0781. The molecule has 0 aliphatic heterocycles. The molecule has 0 atom stereocenters. The predicted molar refractivity (Wildman–Crippen MR) is 91.3 cm³/mol. The maximum absolute atomic E-state index is 12.1.